The maximum absolute atomic E-state index is 10.7. The van der Waals surface area contributed by atoms with Gasteiger partial charge < -0.3 is 15.2 Å². The van der Waals surface area contributed by atoms with Crippen LogP contribution in [0.4, 0.5) is 0 Å². The molecule has 0 atom stereocenters. The van der Waals surface area contributed by atoms with Gasteiger partial charge in [0.25, 0.3) is 0 Å². The highest BCUT2D eigenvalue weighted by Crippen LogP contribution is 2.24. The number of hydrogen-bond acceptors (Lipinski definition) is 4. The average Bonchev–Trinajstić information content (AvgIpc) is 2.15. The van der Waals surface area contributed by atoms with Gasteiger partial charge in [-0.15, -0.1) is 0 Å². The molecule has 2 N–H and O–H groups in total. The van der Waals surface area contributed by atoms with Gasteiger partial charge >= 0.3 is 5.97 Å². The third-order valence-corrected chi connectivity index (χ3v) is 2.34. The Labute approximate surface area is 87.1 Å². The lowest BCUT2D eigenvalue weighted by molar-refractivity contribution is -0.143. The van der Waals surface area contributed by atoms with E-state index in [1.807, 2.05) is 0 Å². The molecule has 0 bridgehead atoms. The number of pyridine rings is 1. The van der Waals surface area contributed by atoms with Gasteiger partial charge in [0.05, 0.1) is 12.6 Å². The van der Waals surface area contributed by atoms with E-state index in [1.54, 1.807) is 24.5 Å². The summed E-state index contributed by atoms with van der Waals surface area (Å²) in [7, 11) is 0. The molecular formula is C10H12N2O3. The van der Waals surface area contributed by atoms with E-state index in [2.05, 4.69) is 10.3 Å². The van der Waals surface area contributed by atoms with Crippen LogP contribution in [0.25, 0.3) is 0 Å². The minimum atomic E-state index is -0.847. The van der Waals surface area contributed by atoms with E-state index >= 15 is 0 Å². The number of aliphatic carboxylic acids is 1. The van der Waals surface area contributed by atoms with Crippen LogP contribution in [0.2, 0.25) is 0 Å². The molecule has 0 saturated carbocycles. The van der Waals surface area contributed by atoms with Gasteiger partial charge in [-0.25, -0.2) is 0 Å². The van der Waals surface area contributed by atoms with Crippen molar-refractivity contribution in [3.8, 4) is 5.75 Å². The summed E-state index contributed by atoms with van der Waals surface area (Å²) < 4.78 is 5.64. The summed E-state index contributed by atoms with van der Waals surface area (Å²) in [6, 6.07) is 3.53. The van der Waals surface area contributed by atoms with Crippen LogP contribution in [-0.2, 0) is 4.79 Å². The number of carboxylic acids is 1. The molecular weight excluding hydrogens is 196 g/mol. The Hall–Kier alpha value is -1.62. The van der Waals surface area contributed by atoms with Gasteiger partial charge in [0, 0.05) is 19.3 Å². The third kappa shape index (κ3) is 2.24. The summed E-state index contributed by atoms with van der Waals surface area (Å²) >= 11 is 0. The Morgan fingerprint density at radius 2 is 2.47 bits per heavy atom. The number of carboxylic acid groups (broad SMARTS) is 1. The van der Waals surface area contributed by atoms with Crippen molar-refractivity contribution in [1.29, 1.82) is 0 Å². The number of carbonyl (C=O) groups is 1. The van der Waals surface area contributed by atoms with Gasteiger partial charge in [-0.2, -0.15) is 0 Å². The maximum Gasteiger partial charge on any atom is 0.307 e. The monoisotopic (exact) mass is 208 g/mol. The van der Waals surface area contributed by atoms with Crippen LogP contribution >= 0.6 is 0 Å². The molecule has 1 saturated heterocycles. The zero-order valence-electron chi connectivity index (χ0n) is 8.14. The van der Waals surface area contributed by atoms with Crippen molar-refractivity contribution in [2.45, 2.75) is 12.0 Å². The molecule has 1 aliphatic rings. The van der Waals surface area contributed by atoms with Crippen LogP contribution in [0.5, 0.6) is 5.75 Å². The SMILES string of the molecule is O=C(O)CC1(Oc2cccnc2)CNC1. The molecule has 0 aliphatic carbocycles. The normalized spacial score (nSPS) is 17.9. The second-order valence-corrected chi connectivity index (χ2v) is 3.65. The molecule has 1 aromatic heterocycles. The lowest BCUT2D eigenvalue weighted by Gasteiger charge is -2.41. The zero-order valence-corrected chi connectivity index (χ0v) is 8.14. The first-order chi connectivity index (χ1) is 7.20. The highest BCUT2D eigenvalue weighted by molar-refractivity contribution is 5.68. The smallest absolute Gasteiger partial charge is 0.307 e. The first-order valence-electron chi connectivity index (χ1n) is 4.72. The van der Waals surface area contributed by atoms with E-state index < -0.39 is 11.6 Å². The molecule has 1 aromatic rings. The first kappa shape index (κ1) is 9.92. The van der Waals surface area contributed by atoms with Gasteiger partial charge in [0.15, 0.2) is 0 Å². The van der Waals surface area contributed by atoms with Crippen molar-refractivity contribution in [3.63, 3.8) is 0 Å². The van der Waals surface area contributed by atoms with Crippen LogP contribution in [-0.4, -0.2) is 34.8 Å². The molecule has 80 valence electrons. The Balaban J connectivity index is 2.05. The van der Waals surface area contributed by atoms with Crippen molar-refractivity contribution < 1.29 is 14.6 Å². The van der Waals surface area contributed by atoms with E-state index in [4.69, 9.17) is 9.84 Å². The van der Waals surface area contributed by atoms with Crippen molar-refractivity contribution in [2.24, 2.45) is 0 Å². The lowest BCUT2D eigenvalue weighted by atomic mass is 9.92. The molecule has 0 radical (unpaired) electrons. The van der Waals surface area contributed by atoms with Crippen molar-refractivity contribution in [1.82, 2.24) is 10.3 Å². The molecule has 1 aliphatic heterocycles. The van der Waals surface area contributed by atoms with Crippen LogP contribution in [0.3, 0.4) is 0 Å². The molecule has 0 spiro atoms. The predicted octanol–water partition coefficient (Wildman–Crippen LogP) is 0.277. The summed E-state index contributed by atoms with van der Waals surface area (Å²) in [6.45, 7) is 1.13. The van der Waals surface area contributed by atoms with Crippen molar-refractivity contribution >= 4 is 5.97 Å². The Morgan fingerprint density at radius 1 is 1.67 bits per heavy atom. The predicted molar refractivity (Wildman–Crippen MR) is 52.7 cm³/mol. The summed E-state index contributed by atoms with van der Waals surface area (Å²) in [6.07, 6.45) is 3.24. The molecule has 15 heavy (non-hydrogen) atoms. The topological polar surface area (TPSA) is 71.5 Å². The van der Waals surface area contributed by atoms with Crippen LogP contribution < -0.4 is 10.1 Å². The van der Waals surface area contributed by atoms with Gasteiger partial charge in [-0.3, -0.25) is 9.78 Å². The standard InChI is InChI=1S/C10H12N2O3/c13-9(14)4-10(6-12-7-10)15-8-2-1-3-11-5-8/h1-3,5,12H,4,6-7H2,(H,13,14). The minimum Gasteiger partial charge on any atom is -0.482 e. The van der Waals surface area contributed by atoms with E-state index in [1.165, 1.54) is 0 Å². The Kier molecular flexibility index (Phi) is 2.55. The van der Waals surface area contributed by atoms with E-state index in [9.17, 15) is 4.79 Å². The van der Waals surface area contributed by atoms with Crippen LogP contribution in [0, 0.1) is 0 Å². The summed E-state index contributed by atoms with van der Waals surface area (Å²) in [5.41, 5.74) is -0.602. The number of nitrogens with zero attached hydrogens (tertiary/aromatic N) is 1. The molecule has 2 heterocycles. The molecule has 0 aromatic carbocycles. The zero-order chi connectivity index (χ0) is 10.7. The fourth-order valence-electron chi connectivity index (χ4n) is 1.57. The number of hydrogen-bond donors (Lipinski definition) is 2. The van der Waals surface area contributed by atoms with Gasteiger partial charge in [0.2, 0.25) is 0 Å². The number of rotatable bonds is 4. The number of aromatic nitrogens is 1. The Bertz CT molecular complexity index is 349. The third-order valence-electron chi connectivity index (χ3n) is 2.34. The quantitative estimate of drug-likeness (QED) is 0.743. The molecule has 0 amide bonds. The molecule has 2 rings (SSSR count). The first-order valence-corrected chi connectivity index (χ1v) is 4.72. The van der Waals surface area contributed by atoms with E-state index in [0.717, 1.165) is 0 Å². The summed E-state index contributed by atoms with van der Waals surface area (Å²) in [4.78, 5) is 14.6. The molecule has 0 unspecified atom stereocenters. The van der Waals surface area contributed by atoms with Crippen molar-refractivity contribution in [3.05, 3.63) is 24.5 Å². The summed E-state index contributed by atoms with van der Waals surface area (Å²) in [5.74, 6) is -0.236. The largest absolute Gasteiger partial charge is 0.482 e. The number of nitrogens with one attached hydrogen (secondary N) is 1. The lowest BCUT2D eigenvalue weighted by Crippen LogP contribution is -2.64. The Morgan fingerprint density at radius 3 is 2.93 bits per heavy atom. The van der Waals surface area contributed by atoms with Gasteiger partial charge in [-0.05, 0) is 12.1 Å². The highest BCUT2D eigenvalue weighted by atomic mass is 16.5. The molecule has 5 nitrogen and oxygen atoms in total. The van der Waals surface area contributed by atoms with E-state index in [-0.39, 0.29) is 6.42 Å². The van der Waals surface area contributed by atoms with Gasteiger partial charge in [0.1, 0.15) is 11.4 Å². The van der Waals surface area contributed by atoms with Crippen molar-refractivity contribution in [2.75, 3.05) is 13.1 Å². The summed E-state index contributed by atoms with van der Waals surface area (Å²) in [5, 5.41) is 11.8. The fourth-order valence-corrected chi connectivity index (χ4v) is 1.57. The second kappa shape index (κ2) is 3.86. The van der Waals surface area contributed by atoms with Crippen LogP contribution in [0.1, 0.15) is 6.42 Å². The average molecular weight is 208 g/mol. The highest BCUT2D eigenvalue weighted by Gasteiger charge is 2.41. The van der Waals surface area contributed by atoms with Gasteiger partial charge in [-0.1, -0.05) is 0 Å². The fraction of sp³-hybridized carbons (Fsp3) is 0.400. The second-order valence-electron chi connectivity index (χ2n) is 3.65. The van der Waals surface area contributed by atoms with E-state index in [0.29, 0.717) is 18.8 Å². The maximum atomic E-state index is 10.7. The molecule has 5 heteroatoms. The number of ether oxygens (including phenoxy) is 1. The minimum absolute atomic E-state index is 0.00882. The molecule has 1 fully saturated rings. The van der Waals surface area contributed by atoms with Crippen LogP contribution in [0.15, 0.2) is 24.5 Å².